The Morgan fingerprint density at radius 1 is 0.971 bits per heavy atom. The molecule has 1 aromatic carbocycles. The average molecular weight is 476 g/mol. The number of aliphatic hydroxyl groups excluding tert-OH is 1. The van der Waals surface area contributed by atoms with Gasteiger partial charge in [-0.25, -0.2) is 4.79 Å². The van der Waals surface area contributed by atoms with Crippen molar-refractivity contribution in [1.82, 2.24) is 20.9 Å². The lowest BCUT2D eigenvalue weighted by molar-refractivity contribution is -0.143. The highest BCUT2D eigenvalue weighted by Gasteiger charge is 2.31. The van der Waals surface area contributed by atoms with Crippen molar-refractivity contribution in [2.24, 2.45) is 11.5 Å². The van der Waals surface area contributed by atoms with Crippen LogP contribution < -0.4 is 27.4 Å². The van der Waals surface area contributed by atoms with Gasteiger partial charge in [-0.15, -0.1) is 0 Å². The molecule has 0 aliphatic heterocycles. The van der Waals surface area contributed by atoms with E-state index >= 15 is 0 Å². The summed E-state index contributed by atoms with van der Waals surface area (Å²) in [6.45, 7) is 0.520. The number of amides is 4. The largest absolute Gasteiger partial charge is 0.480 e. The van der Waals surface area contributed by atoms with Gasteiger partial charge in [-0.1, -0.05) is 18.2 Å². The van der Waals surface area contributed by atoms with Crippen LogP contribution in [-0.2, 0) is 30.4 Å². The third-order valence-corrected chi connectivity index (χ3v) is 4.98. The van der Waals surface area contributed by atoms with Gasteiger partial charge in [-0.2, -0.15) is 0 Å². The number of carboxylic acid groups (broad SMARTS) is 1. The molecule has 2 aromatic rings. The van der Waals surface area contributed by atoms with Gasteiger partial charge >= 0.3 is 5.97 Å². The molecule has 1 heterocycles. The first-order valence-electron chi connectivity index (χ1n) is 10.4. The highest BCUT2D eigenvalue weighted by Crippen LogP contribution is 2.19. The molecular formula is C21H28N6O7. The van der Waals surface area contributed by atoms with E-state index in [9.17, 15) is 24.0 Å². The molecule has 4 unspecified atom stereocenters. The van der Waals surface area contributed by atoms with Crippen LogP contribution in [0.3, 0.4) is 0 Å². The van der Waals surface area contributed by atoms with Gasteiger partial charge in [0.2, 0.25) is 23.6 Å². The summed E-state index contributed by atoms with van der Waals surface area (Å²) in [5.74, 6) is -4.94. The van der Waals surface area contributed by atoms with Crippen LogP contribution in [0.4, 0.5) is 0 Å². The molecule has 0 saturated heterocycles. The SMILES string of the molecule is CC(N)C(=O)NC(Cc1c[nH]c2ccccc12)C(=O)NC(CC(N)=O)C(=O)NC(CO)C(=O)O. The van der Waals surface area contributed by atoms with Gasteiger partial charge in [0.25, 0.3) is 0 Å². The molecule has 0 bridgehead atoms. The molecule has 13 heteroatoms. The normalized spacial score (nSPS) is 14.4. The standard InChI is InChI=1S/C21H28N6O7/c1-10(22)18(30)25-14(6-11-8-24-13-5-3-2-4-12(11)13)19(31)26-15(7-17(23)29)20(32)27-16(9-28)21(33)34/h2-5,8,10,14-16,24,28H,6-7,9,22H2,1H3,(H2,23,29)(H,25,30)(H,26,31)(H,27,32)(H,33,34). The molecular weight excluding hydrogens is 448 g/mol. The molecule has 2 rings (SSSR count). The Bertz CT molecular complexity index is 1070. The Labute approximate surface area is 194 Å². The Morgan fingerprint density at radius 2 is 1.56 bits per heavy atom. The maximum atomic E-state index is 13.1. The number of nitrogens with two attached hydrogens (primary N) is 2. The summed E-state index contributed by atoms with van der Waals surface area (Å²) in [6.07, 6.45) is 1.05. The summed E-state index contributed by atoms with van der Waals surface area (Å²) in [6, 6.07) is 1.99. The van der Waals surface area contributed by atoms with Gasteiger partial charge in [-0.3, -0.25) is 19.2 Å². The first kappa shape index (κ1) is 26.3. The van der Waals surface area contributed by atoms with Crippen LogP contribution >= 0.6 is 0 Å². The van der Waals surface area contributed by atoms with Crippen molar-refractivity contribution in [3.05, 3.63) is 36.0 Å². The number of carboxylic acids is 1. The minimum absolute atomic E-state index is 0.0214. The number of carbonyl (C=O) groups excluding carboxylic acids is 4. The van der Waals surface area contributed by atoms with E-state index in [-0.39, 0.29) is 6.42 Å². The zero-order chi connectivity index (χ0) is 25.4. The second-order valence-corrected chi connectivity index (χ2v) is 7.73. The Hall–Kier alpha value is -3.97. The fourth-order valence-corrected chi connectivity index (χ4v) is 3.17. The lowest BCUT2D eigenvalue weighted by Gasteiger charge is -2.24. The molecule has 0 aliphatic carbocycles. The molecule has 0 fully saturated rings. The third-order valence-electron chi connectivity index (χ3n) is 4.98. The second-order valence-electron chi connectivity index (χ2n) is 7.73. The van der Waals surface area contributed by atoms with E-state index in [0.717, 1.165) is 10.9 Å². The molecule has 184 valence electrons. The lowest BCUT2D eigenvalue weighted by atomic mass is 10.0. The number of hydrogen-bond acceptors (Lipinski definition) is 7. The number of hydrogen-bond donors (Lipinski definition) is 8. The summed E-state index contributed by atoms with van der Waals surface area (Å²) in [7, 11) is 0. The number of aromatic amines is 1. The predicted molar refractivity (Wildman–Crippen MR) is 120 cm³/mol. The van der Waals surface area contributed by atoms with Crippen LogP contribution in [0.25, 0.3) is 10.9 Å². The minimum atomic E-state index is -1.65. The Balaban J connectivity index is 2.27. The van der Waals surface area contributed by atoms with Crippen molar-refractivity contribution in [2.75, 3.05) is 6.61 Å². The number of carbonyl (C=O) groups is 5. The van der Waals surface area contributed by atoms with E-state index < -0.39 is 66.8 Å². The van der Waals surface area contributed by atoms with E-state index in [1.54, 1.807) is 6.20 Å². The zero-order valence-electron chi connectivity index (χ0n) is 18.4. The highest BCUT2D eigenvalue weighted by molar-refractivity contribution is 5.96. The van der Waals surface area contributed by atoms with E-state index in [0.29, 0.717) is 5.56 Å². The van der Waals surface area contributed by atoms with Gasteiger partial charge in [0.05, 0.1) is 19.1 Å². The quantitative estimate of drug-likeness (QED) is 0.162. The van der Waals surface area contributed by atoms with Crippen molar-refractivity contribution in [3.63, 3.8) is 0 Å². The van der Waals surface area contributed by atoms with Crippen molar-refractivity contribution in [1.29, 1.82) is 0 Å². The molecule has 13 nitrogen and oxygen atoms in total. The van der Waals surface area contributed by atoms with E-state index in [2.05, 4.69) is 15.6 Å². The molecule has 0 saturated carbocycles. The number of aliphatic hydroxyl groups is 1. The van der Waals surface area contributed by atoms with Crippen molar-refractivity contribution in [2.45, 2.75) is 43.9 Å². The summed E-state index contributed by atoms with van der Waals surface area (Å²) in [4.78, 5) is 63.4. The summed E-state index contributed by atoms with van der Waals surface area (Å²) >= 11 is 0. The van der Waals surface area contributed by atoms with Gasteiger partial charge < -0.3 is 42.6 Å². The van der Waals surface area contributed by atoms with Crippen LogP contribution in [0.5, 0.6) is 0 Å². The van der Waals surface area contributed by atoms with Gasteiger partial charge in [0.1, 0.15) is 18.1 Å². The smallest absolute Gasteiger partial charge is 0.328 e. The van der Waals surface area contributed by atoms with Crippen LogP contribution in [-0.4, -0.2) is 75.6 Å². The molecule has 1 aromatic heterocycles. The van der Waals surface area contributed by atoms with Crippen LogP contribution in [0.2, 0.25) is 0 Å². The molecule has 0 spiro atoms. The van der Waals surface area contributed by atoms with Gasteiger partial charge in [-0.05, 0) is 18.6 Å². The molecule has 4 amide bonds. The van der Waals surface area contributed by atoms with Crippen molar-refractivity contribution < 1.29 is 34.2 Å². The summed E-state index contributed by atoms with van der Waals surface area (Å²) < 4.78 is 0. The van der Waals surface area contributed by atoms with Crippen LogP contribution in [0.1, 0.15) is 18.9 Å². The first-order chi connectivity index (χ1) is 16.0. The zero-order valence-corrected chi connectivity index (χ0v) is 18.4. The predicted octanol–water partition coefficient (Wildman–Crippen LogP) is -2.54. The number of fused-ring (bicyclic) bond motifs is 1. The fourth-order valence-electron chi connectivity index (χ4n) is 3.17. The summed E-state index contributed by atoms with van der Waals surface area (Å²) in [5, 5.41) is 25.8. The number of aromatic nitrogens is 1. The van der Waals surface area contributed by atoms with E-state index in [4.69, 9.17) is 21.7 Å². The minimum Gasteiger partial charge on any atom is -0.480 e. The van der Waals surface area contributed by atoms with Crippen LogP contribution in [0.15, 0.2) is 30.5 Å². The maximum absolute atomic E-state index is 13.1. The van der Waals surface area contributed by atoms with Crippen molar-refractivity contribution in [3.8, 4) is 0 Å². The average Bonchev–Trinajstić information content (AvgIpc) is 3.18. The number of benzene rings is 1. The van der Waals surface area contributed by atoms with Crippen molar-refractivity contribution >= 4 is 40.5 Å². The summed E-state index contributed by atoms with van der Waals surface area (Å²) in [5.41, 5.74) is 12.3. The number of H-pyrrole nitrogens is 1. The highest BCUT2D eigenvalue weighted by atomic mass is 16.4. The molecule has 0 aliphatic rings. The molecule has 4 atom stereocenters. The maximum Gasteiger partial charge on any atom is 0.328 e. The Morgan fingerprint density at radius 3 is 2.15 bits per heavy atom. The second kappa shape index (κ2) is 11.8. The monoisotopic (exact) mass is 476 g/mol. The number of aliphatic carboxylic acids is 1. The molecule has 0 radical (unpaired) electrons. The number of para-hydroxylation sites is 1. The topological polar surface area (TPSA) is 230 Å². The molecule has 10 N–H and O–H groups in total. The van der Waals surface area contributed by atoms with E-state index in [1.807, 2.05) is 29.6 Å². The number of primary amides is 1. The number of nitrogens with one attached hydrogen (secondary N) is 4. The van der Waals surface area contributed by atoms with Crippen LogP contribution in [0, 0.1) is 0 Å². The van der Waals surface area contributed by atoms with Gasteiger partial charge in [0.15, 0.2) is 0 Å². The first-order valence-corrected chi connectivity index (χ1v) is 10.4. The lowest BCUT2D eigenvalue weighted by Crippen LogP contribution is -2.58. The fraction of sp³-hybridized carbons (Fsp3) is 0.381. The van der Waals surface area contributed by atoms with E-state index in [1.165, 1.54) is 6.92 Å². The third kappa shape index (κ3) is 7.02. The Kier molecular flexibility index (Phi) is 9.10. The number of rotatable bonds is 12. The molecule has 34 heavy (non-hydrogen) atoms. The van der Waals surface area contributed by atoms with Gasteiger partial charge in [0, 0.05) is 23.5 Å².